The molecule has 0 radical (unpaired) electrons. The van der Waals surface area contributed by atoms with Gasteiger partial charge in [-0.1, -0.05) is 26.7 Å². The van der Waals surface area contributed by atoms with Gasteiger partial charge in [0.2, 0.25) is 0 Å². The van der Waals surface area contributed by atoms with E-state index in [1.165, 1.54) is 38.6 Å². The minimum absolute atomic E-state index is 0.437. The fraction of sp³-hybridized carbons (Fsp3) is 1.00. The summed E-state index contributed by atoms with van der Waals surface area (Å²) >= 11 is 0. The van der Waals surface area contributed by atoms with Crippen molar-refractivity contribution in [1.82, 2.24) is 4.90 Å². The van der Waals surface area contributed by atoms with Crippen LogP contribution in [0.4, 0.5) is 0 Å². The minimum atomic E-state index is 0.437. The van der Waals surface area contributed by atoms with Crippen molar-refractivity contribution in [3.05, 3.63) is 0 Å². The molecule has 0 aliphatic carbocycles. The molecule has 1 aliphatic rings. The molecule has 0 aromatic carbocycles. The van der Waals surface area contributed by atoms with Crippen molar-refractivity contribution >= 4 is 0 Å². The molecule has 0 bridgehead atoms. The normalized spacial score (nSPS) is 24.0. The van der Waals surface area contributed by atoms with E-state index in [0.717, 1.165) is 13.2 Å². The summed E-state index contributed by atoms with van der Waals surface area (Å²) in [4.78, 5) is 2.50. The highest BCUT2D eigenvalue weighted by Crippen LogP contribution is 2.16. The van der Waals surface area contributed by atoms with Crippen LogP contribution in [0.1, 0.15) is 46.0 Å². The Bertz CT molecular complexity index is 113. The maximum atomic E-state index is 5.69. The number of unbranched alkanes of at least 4 members (excludes halogenated alkanes) is 2. The van der Waals surface area contributed by atoms with Crippen LogP contribution in [-0.4, -0.2) is 30.8 Å². The van der Waals surface area contributed by atoms with Gasteiger partial charge in [0.15, 0.2) is 0 Å². The van der Waals surface area contributed by atoms with Gasteiger partial charge in [-0.2, -0.15) is 0 Å². The Kier molecular flexibility index (Phi) is 5.40. The zero-order valence-corrected chi connectivity index (χ0v) is 9.09. The van der Waals surface area contributed by atoms with Crippen molar-refractivity contribution in [3.63, 3.8) is 0 Å². The van der Waals surface area contributed by atoms with Crippen LogP contribution in [0.3, 0.4) is 0 Å². The molecule has 0 amide bonds. The molecule has 1 heterocycles. The van der Waals surface area contributed by atoms with Gasteiger partial charge in [0, 0.05) is 13.1 Å². The van der Waals surface area contributed by atoms with E-state index < -0.39 is 0 Å². The van der Waals surface area contributed by atoms with Gasteiger partial charge in [0.25, 0.3) is 0 Å². The Balaban J connectivity index is 2.18. The minimum Gasteiger partial charge on any atom is -0.362 e. The van der Waals surface area contributed by atoms with Crippen LogP contribution in [0, 0.1) is 0 Å². The molecule has 1 saturated heterocycles. The lowest BCUT2D eigenvalue weighted by Gasteiger charge is -2.22. The summed E-state index contributed by atoms with van der Waals surface area (Å²) in [7, 11) is 0. The molecular weight excluding hydrogens is 162 g/mol. The summed E-state index contributed by atoms with van der Waals surface area (Å²) in [5.74, 6) is 0. The molecule has 0 aromatic heterocycles. The van der Waals surface area contributed by atoms with Crippen molar-refractivity contribution in [2.24, 2.45) is 0 Å². The first-order valence-corrected chi connectivity index (χ1v) is 5.74. The molecule has 1 aliphatic heterocycles. The van der Waals surface area contributed by atoms with Gasteiger partial charge in [0.05, 0.1) is 6.61 Å². The van der Waals surface area contributed by atoms with Crippen molar-refractivity contribution in [3.8, 4) is 0 Å². The largest absolute Gasteiger partial charge is 0.362 e. The third-order valence-corrected chi connectivity index (χ3v) is 2.70. The maximum absolute atomic E-state index is 5.69. The van der Waals surface area contributed by atoms with Gasteiger partial charge >= 0.3 is 0 Å². The van der Waals surface area contributed by atoms with Gasteiger partial charge in [-0.25, -0.2) is 0 Å². The lowest BCUT2D eigenvalue weighted by atomic mass is 10.2. The monoisotopic (exact) mass is 185 g/mol. The Morgan fingerprint density at radius 3 is 2.69 bits per heavy atom. The van der Waals surface area contributed by atoms with Gasteiger partial charge in [-0.3, -0.25) is 4.90 Å². The molecule has 1 unspecified atom stereocenters. The highest BCUT2D eigenvalue weighted by atomic mass is 16.5. The number of hydrogen-bond donors (Lipinski definition) is 0. The summed E-state index contributed by atoms with van der Waals surface area (Å²) in [6.45, 7) is 7.81. The van der Waals surface area contributed by atoms with Crippen molar-refractivity contribution in [2.45, 2.75) is 52.2 Å². The Morgan fingerprint density at radius 1 is 1.23 bits per heavy atom. The van der Waals surface area contributed by atoms with Gasteiger partial charge in [-0.05, 0) is 19.3 Å². The highest BCUT2D eigenvalue weighted by Gasteiger charge is 2.23. The summed E-state index contributed by atoms with van der Waals surface area (Å²) in [6.07, 6.45) is 6.84. The van der Waals surface area contributed by atoms with Gasteiger partial charge < -0.3 is 4.74 Å². The first kappa shape index (κ1) is 11.0. The molecule has 13 heavy (non-hydrogen) atoms. The third-order valence-electron chi connectivity index (χ3n) is 2.70. The molecule has 2 nitrogen and oxygen atoms in total. The lowest BCUT2D eigenvalue weighted by molar-refractivity contribution is 0.0251. The number of ether oxygens (including phenoxy) is 1. The number of nitrogens with zero attached hydrogens (tertiary/aromatic N) is 1. The van der Waals surface area contributed by atoms with Crippen molar-refractivity contribution in [1.29, 1.82) is 0 Å². The fourth-order valence-electron chi connectivity index (χ4n) is 1.82. The quantitative estimate of drug-likeness (QED) is 0.630. The van der Waals surface area contributed by atoms with Crippen LogP contribution in [0.25, 0.3) is 0 Å². The summed E-state index contributed by atoms with van der Waals surface area (Å²) in [6, 6.07) is 0. The van der Waals surface area contributed by atoms with E-state index in [4.69, 9.17) is 4.74 Å². The Labute approximate surface area is 82.3 Å². The van der Waals surface area contributed by atoms with E-state index in [1.54, 1.807) is 0 Å². The van der Waals surface area contributed by atoms with E-state index in [9.17, 15) is 0 Å². The lowest BCUT2D eigenvalue weighted by Crippen LogP contribution is -2.31. The zero-order chi connectivity index (χ0) is 9.52. The molecular formula is C11H23NO. The zero-order valence-electron chi connectivity index (χ0n) is 9.09. The summed E-state index contributed by atoms with van der Waals surface area (Å²) in [5.41, 5.74) is 0. The SMILES string of the molecule is CCCCC1OCCN1CCCC. The van der Waals surface area contributed by atoms with Crippen LogP contribution in [0.2, 0.25) is 0 Å². The van der Waals surface area contributed by atoms with E-state index in [2.05, 4.69) is 18.7 Å². The predicted octanol–water partition coefficient (Wildman–Crippen LogP) is 2.64. The molecule has 1 fully saturated rings. The van der Waals surface area contributed by atoms with E-state index in [-0.39, 0.29) is 0 Å². The second kappa shape index (κ2) is 6.39. The molecule has 0 spiro atoms. The van der Waals surface area contributed by atoms with E-state index in [0.29, 0.717) is 6.23 Å². The van der Waals surface area contributed by atoms with Gasteiger partial charge in [0.1, 0.15) is 6.23 Å². The first-order chi connectivity index (χ1) is 6.38. The molecule has 1 atom stereocenters. The molecule has 0 saturated carbocycles. The standard InChI is InChI=1S/C11H23NO/c1-3-5-7-11-12(8-6-4-2)9-10-13-11/h11H,3-10H2,1-2H3. The molecule has 2 heteroatoms. The van der Waals surface area contributed by atoms with Crippen LogP contribution in [0.15, 0.2) is 0 Å². The second-order valence-electron chi connectivity index (χ2n) is 3.86. The van der Waals surface area contributed by atoms with Crippen molar-refractivity contribution < 1.29 is 4.74 Å². The van der Waals surface area contributed by atoms with Crippen LogP contribution in [-0.2, 0) is 4.74 Å². The average Bonchev–Trinajstić information content (AvgIpc) is 2.59. The van der Waals surface area contributed by atoms with E-state index >= 15 is 0 Å². The molecule has 1 rings (SSSR count). The van der Waals surface area contributed by atoms with E-state index in [1.807, 2.05) is 0 Å². The summed E-state index contributed by atoms with van der Waals surface area (Å²) < 4.78 is 5.69. The van der Waals surface area contributed by atoms with Crippen LogP contribution in [0.5, 0.6) is 0 Å². The Hall–Kier alpha value is -0.0800. The smallest absolute Gasteiger partial charge is 0.110 e. The Morgan fingerprint density at radius 2 is 2.00 bits per heavy atom. The number of rotatable bonds is 6. The first-order valence-electron chi connectivity index (χ1n) is 5.74. The third kappa shape index (κ3) is 3.65. The number of hydrogen-bond acceptors (Lipinski definition) is 2. The summed E-state index contributed by atoms with van der Waals surface area (Å²) in [5, 5.41) is 0. The molecule has 0 aromatic rings. The fourth-order valence-corrected chi connectivity index (χ4v) is 1.82. The van der Waals surface area contributed by atoms with Gasteiger partial charge in [-0.15, -0.1) is 0 Å². The molecule has 78 valence electrons. The van der Waals surface area contributed by atoms with Crippen LogP contribution >= 0.6 is 0 Å². The second-order valence-corrected chi connectivity index (χ2v) is 3.86. The van der Waals surface area contributed by atoms with Crippen LogP contribution < -0.4 is 0 Å². The van der Waals surface area contributed by atoms with Crippen molar-refractivity contribution in [2.75, 3.05) is 19.7 Å². The highest BCUT2D eigenvalue weighted by molar-refractivity contribution is 4.69. The maximum Gasteiger partial charge on any atom is 0.110 e. The molecule has 0 N–H and O–H groups in total. The average molecular weight is 185 g/mol. The predicted molar refractivity (Wildman–Crippen MR) is 55.7 cm³/mol. The topological polar surface area (TPSA) is 12.5 Å².